The molecule has 0 saturated carbocycles. The summed E-state index contributed by atoms with van der Waals surface area (Å²) in [6.45, 7) is 0. The number of para-hydroxylation sites is 2. The smallest absolute Gasteiger partial charge is 0.0940 e. The summed E-state index contributed by atoms with van der Waals surface area (Å²) in [4.78, 5) is 2.30. The van der Waals surface area contributed by atoms with Crippen LogP contribution in [-0.4, -0.2) is 9.78 Å². The normalized spacial score (nSPS) is 11.0. The molecule has 0 aliphatic rings. The maximum atomic E-state index is 5.43. The molecule has 0 saturated heterocycles. The standard InChI is InChI=1S/C63H45N3/c1-5-21-46(22-6-1)56-31-15-19-35-60(56)62-45-63(61-36-20-16-32-57(61)47-23-7-2-8-24-47)66(64-62)53-43-39-49(40-44-53)55-30-14-18-34-59(55)58-33-17-13-29-54(58)48-37-41-52(42-38-48)65(50-25-9-3-10-26-50)51-27-11-4-12-28-51/h1-45H. The van der Waals surface area contributed by atoms with E-state index in [1.54, 1.807) is 0 Å². The molecule has 0 aliphatic heterocycles. The van der Waals surface area contributed by atoms with Crippen LogP contribution in [0.3, 0.4) is 0 Å². The zero-order valence-corrected chi connectivity index (χ0v) is 36.3. The van der Waals surface area contributed by atoms with Gasteiger partial charge in [0, 0.05) is 28.2 Å². The molecule has 0 atom stereocenters. The van der Waals surface area contributed by atoms with Crippen molar-refractivity contribution in [3.8, 4) is 83.8 Å². The lowest BCUT2D eigenvalue weighted by atomic mass is 9.89. The zero-order valence-electron chi connectivity index (χ0n) is 36.3. The van der Waals surface area contributed by atoms with E-state index in [-0.39, 0.29) is 0 Å². The lowest BCUT2D eigenvalue weighted by molar-refractivity contribution is 0.892. The first-order chi connectivity index (χ1) is 32.8. The fraction of sp³-hybridized carbons (Fsp3) is 0. The summed E-state index contributed by atoms with van der Waals surface area (Å²) < 4.78 is 2.12. The van der Waals surface area contributed by atoms with E-state index in [2.05, 4.69) is 283 Å². The summed E-state index contributed by atoms with van der Waals surface area (Å²) in [5, 5.41) is 5.43. The largest absolute Gasteiger partial charge is 0.311 e. The predicted molar refractivity (Wildman–Crippen MR) is 276 cm³/mol. The van der Waals surface area contributed by atoms with Crippen LogP contribution in [0.15, 0.2) is 273 Å². The van der Waals surface area contributed by atoms with Crippen LogP contribution < -0.4 is 4.90 Å². The number of hydrogen-bond acceptors (Lipinski definition) is 2. The summed E-state index contributed by atoms with van der Waals surface area (Å²) in [5.74, 6) is 0. The molecule has 10 aromatic carbocycles. The summed E-state index contributed by atoms with van der Waals surface area (Å²) >= 11 is 0. The van der Waals surface area contributed by atoms with Gasteiger partial charge in [0.1, 0.15) is 0 Å². The molecule has 0 N–H and O–H groups in total. The molecule has 3 nitrogen and oxygen atoms in total. The predicted octanol–water partition coefficient (Wildman–Crippen LogP) is 17.0. The Kier molecular flexibility index (Phi) is 11.0. The molecule has 312 valence electrons. The second-order valence-electron chi connectivity index (χ2n) is 16.3. The Balaban J connectivity index is 0.975. The highest BCUT2D eigenvalue weighted by Crippen LogP contribution is 2.42. The molecule has 66 heavy (non-hydrogen) atoms. The number of benzene rings is 10. The molecule has 11 aromatic rings. The Morgan fingerprint density at radius 1 is 0.258 bits per heavy atom. The number of rotatable bonds is 11. The lowest BCUT2D eigenvalue weighted by Gasteiger charge is -2.25. The van der Waals surface area contributed by atoms with Crippen LogP contribution in [0, 0.1) is 0 Å². The zero-order chi connectivity index (χ0) is 44.1. The van der Waals surface area contributed by atoms with Gasteiger partial charge in [-0.25, -0.2) is 4.68 Å². The van der Waals surface area contributed by atoms with Gasteiger partial charge < -0.3 is 4.90 Å². The van der Waals surface area contributed by atoms with Gasteiger partial charge in [-0.3, -0.25) is 0 Å². The van der Waals surface area contributed by atoms with Crippen LogP contribution in [0.1, 0.15) is 0 Å². The molecule has 0 fully saturated rings. The van der Waals surface area contributed by atoms with Gasteiger partial charge in [-0.15, -0.1) is 0 Å². The third-order valence-corrected chi connectivity index (χ3v) is 12.3. The first-order valence-corrected chi connectivity index (χ1v) is 22.5. The molecule has 11 rings (SSSR count). The quantitative estimate of drug-likeness (QED) is 0.129. The molecule has 0 amide bonds. The van der Waals surface area contributed by atoms with Crippen LogP contribution >= 0.6 is 0 Å². The van der Waals surface area contributed by atoms with E-state index < -0.39 is 0 Å². The highest BCUT2D eigenvalue weighted by atomic mass is 15.3. The highest BCUT2D eigenvalue weighted by Gasteiger charge is 2.20. The van der Waals surface area contributed by atoms with Crippen molar-refractivity contribution in [2.75, 3.05) is 4.90 Å². The SMILES string of the molecule is c1ccc(-c2ccccc2-c2cc(-c3ccccc3-c3ccccc3)n(-c3ccc(-c4ccccc4-c4ccccc4-c4ccc(N(c5ccccc5)c5ccccc5)cc4)cc3)n2)cc1. The molecule has 1 aromatic heterocycles. The van der Waals surface area contributed by atoms with Crippen molar-refractivity contribution in [3.05, 3.63) is 273 Å². The number of hydrogen-bond donors (Lipinski definition) is 0. The Morgan fingerprint density at radius 2 is 0.576 bits per heavy atom. The van der Waals surface area contributed by atoms with Gasteiger partial charge >= 0.3 is 0 Å². The van der Waals surface area contributed by atoms with Crippen molar-refractivity contribution in [1.29, 1.82) is 0 Å². The Bertz CT molecular complexity index is 3340. The maximum absolute atomic E-state index is 5.43. The second kappa shape index (κ2) is 18.1. The topological polar surface area (TPSA) is 21.1 Å². The summed E-state index contributed by atoms with van der Waals surface area (Å²) in [7, 11) is 0. The van der Waals surface area contributed by atoms with Crippen LogP contribution in [0.2, 0.25) is 0 Å². The van der Waals surface area contributed by atoms with Crippen molar-refractivity contribution in [3.63, 3.8) is 0 Å². The Labute approximate surface area is 386 Å². The highest BCUT2D eigenvalue weighted by molar-refractivity contribution is 5.93. The van der Waals surface area contributed by atoms with Crippen LogP contribution in [-0.2, 0) is 0 Å². The fourth-order valence-corrected chi connectivity index (χ4v) is 9.17. The van der Waals surface area contributed by atoms with Crippen molar-refractivity contribution in [1.82, 2.24) is 9.78 Å². The molecule has 3 heteroatoms. The first-order valence-electron chi connectivity index (χ1n) is 22.5. The van der Waals surface area contributed by atoms with Crippen LogP contribution in [0.25, 0.3) is 83.8 Å². The maximum Gasteiger partial charge on any atom is 0.0940 e. The Hall–Kier alpha value is -8.79. The van der Waals surface area contributed by atoms with Crippen molar-refractivity contribution in [2.45, 2.75) is 0 Å². The van der Waals surface area contributed by atoms with Gasteiger partial charge in [0.2, 0.25) is 0 Å². The van der Waals surface area contributed by atoms with E-state index >= 15 is 0 Å². The minimum Gasteiger partial charge on any atom is -0.311 e. The average Bonchev–Trinajstić information content (AvgIpc) is 3.86. The fourth-order valence-electron chi connectivity index (χ4n) is 9.17. The average molecular weight is 844 g/mol. The number of anilines is 3. The molecule has 0 radical (unpaired) electrons. The van der Waals surface area contributed by atoms with Gasteiger partial charge in [-0.1, -0.05) is 218 Å². The van der Waals surface area contributed by atoms with Gasteiger partial charge in [0.25, 0.3) is 0 Å². The number of nitrogens with zero attached hydrogens (tertiary/aromatic N) is 3. The van der Waals surface area contributed by atoms with Gasteiger partial charge in [-0.05, 0) is 110 Å². The number of aromatic nitrogens is 2. The van der Waals surface area contributed by atoms with Crippen LogP contribution in [0.5, 0.6) is 0 Å². The summed E-state index contributed by atoms with van der Waals surface area (Å²) in [5.41, 5.74) is 20.1. The van der Waals surface area contributed by atoms with E-state index in [9.17, 15) is 0 Å². The summed E-state index contributed by atoms with van der Waals surface area (Å²) in [6.07, 6.45) is 0. The summed E-state index contributed by atoms with van der Waals surface area (Å²) in [6, 6.07) is 97.1. The molecule has 1 heterocycles. The Morgan fingerprint density at radius 3 is 1.05 bits per heavy atom. The monoisotopic (exact) mass is 843 g/mol. The lowest BCUT2D eigenvalue weighted by Crippen LogP contribution is -2.09. The van der Waals surface area contributed by atoms with Gasteiger partial charge in [0.15, 0.2) is 0 Å². The second-order valence-corrected chi connectivity index (χ2v) is 16.3. The van der Waals surface area contributed by atoms with Crippen LogP contribution in [0.4, 0.5) is 17.1 Å². The van der Waals surface area contributed by atoms with Gasteiger partial charge in [-0.2, -0.15) is 5.10 Å². The van der Waals surface area contributed by atoms with E-state index in [0.717, 1.165) is 78.6 Å². The third-order valence-electron chi connectivity index (χ3n) is 12.3. The molecule has 0 aliphatic carbocycles. The van der Waals surface area contributed by atoms with E-state index in [0.29, 0.717) is 0 Å². The van der Waals surface area contributed by atoms with Crippen molar-refractivity contribution in [2.24, 2.45) is 0 Å². The van der Waals surface area contributed by atoms with E-state index in [4.69, 9.17) is 5.10 Å². The molecule has 0 unspecified atom stereocenters. The van der Waals surface area contributed by atoms with Crippen molar-refractivity contribution < 1.29 is 0 Å². The van der Waals surface area contributed by atoms with Crippen molar-refractivity contribution >= 4 is 17.1 Å². The van der Waals surface area contributed by atoms with Gasteiger partial charge in [0.05, 0.1) is 17.1 Å². The molecular weight excluding hydrogens is 799 g/mol. The molecule has 0 spiro atoms. The minimum absolute atomic E-state index is 0.916. The molecular formula is C63H45N3. The third kappa shape index (κ3) is 7.91. The van der Waals surface area contributed by atoms with E-state index in [1.165, 1.54) is 22.3 Å². The van der Waals surface area contributed by atoms with E-state index in [1.807, 2.05) is 0 Å². The minimum atomic E-state index is 0.916. The molecule has 0 bridgehead atoms. The first kappa shape index (κ1) is 40.0.